The highest BCUT2D eigenvalue weighted by molar-refractivity contribution is 7.99. The number of benzene rings is 4. The smallest absolute Gasteiger partial charge is 0.197 e. The number of fused-ring (bicyclic) bond motifs is 2. The van der Waals surface area contributed by atoms with Gasteiger partial charge < -0.3 is 5.32 Å². The van der Waals surface area contributed by atoms with Crippen LogP contribution in [-0.2, 0) is 0 Å². The summed E-state index contributed by atoms with van der Waals surface area (Å²) in [5, 5.41) is 1.90. The van der Waals surface area contributed by atoms with Gasteiger partial charge in [-0.05, 0) is 12.1 Å². The minimum atomic E-state index is -1.89. The van der Waals surface area contributed by atoms with Crippen LogP contribution in [0, 0.1) is 34.9 Å². The fraction of sp³-hybridized carbons (Fsp3) is 0. The van der Waals surface area contributed by atoms with E-state index >= 15 is 8.78 Å². The third kappa shape index (κ3) is 3.65. The van der Waals surface area contributed by atoms with E-state index in [4.69, 9.17) is 0 Å². The van der Waals surface area contributed by atoms with E-state index in [1.165, 1.54) is 36.4 Å². The molecule has 0 fully saturated rings. The summed E-state index contributed by atoms with van der Waals surface area (Å²) in [7, 11) is 0. The summed E-state index contributed by atoms with van der Waals surface area (Å²) in [5.41, 5.74) is -4.56. The number of carbonyl (C=O) groups is 2. The summed E-state index contributed by atoms with van der Waals surface area (Å²) in [6.45, 7) is 0. The minimum Gasteiger partial charge on any atom is -0.347 e. The SMILES string of the molecule is O=C1c2ccccc2C(=O)c2c(F)c(Sc3ccccc3)c(Nc3c(F)c(F)cc(F)c3F)c(F)c21. The summed E-state index contributed by atoms with van der Waals surface area (Å²) < 4.78 is 88.3. The van der Waals surface area contributed by atoms with Crippen LogP contribution in [0.5, 0.6) is 0 Å². The zero-order valence-electron chi connectivity index (χ0n) is 17.8. The molecule has 5 rings (SSSR count). The van der Waals surface area contributed by atoms with Crippen molar-refractivity contribution in [3.05, 3.63) is 118 Å². The van der Waals surface area contributed by atoms with Gasteiger partial charge in [-0.25, -0.2) is 26.3 Å². The lowest BCUT2D eigenvalue weighted by Crippen LogP contribution is -2.25. The molecule has 1 aliphatic rings. The number of ketones is 2. The molecule has 10 heteroatoms. The van der Waals surface area contributed by atoms with E-state index < -0.39 is 73.9 Å². The van der Waals surface area contributed by atoms with Gasteiger partial charge in [-0.2, -0.15) is 0 Å². The molecule has 1 aliphatic carbocycles. The van der Waals surface area contributed by atoms with E-state index in [0.717, 1.165) is 0 Å². The molecular weight excluding hydrogens is 504 g/mol. The monoisotopic (exact) mass is 515 g/mol. The maximum Gasteiger partial charge on any atom is 0.197 e. The Balaban J connectivity index is 1.80. The quantitative estimate of drug-likeness (QED) is 0.203. The van der Waals surface area contributed by atoms with Crippen LogP contribution in [0.15, 0.2) is 70.5 Å². The van der Waals surface area contributed by atoms with Gasteiger partial charge in [0.25, 0.3) is 0 Å². The average Bonchev–Trinajstić information content (AvgIpc) is 2.88. The molecule has 0 atom stereocenters. The number of hydrogen-bond acceptors (Lipinski definition) is 4. The number of hydrogen-bond donors (Lipinski definition) is 1. The van der Waals surface area contributed by atoms with Crippen molar-refractivity contribution in [1.82, 2.24) is 0 Å². The van der Waals surface area contributed by atoms with Crippen molar-refractivity contribution in [2.45, 2.75) is 9.79 Å². The molecule has 1 N–H and O–H groups in total. The van der Waals surface area contributed by atoms with E-state index in [-0.39, 0.29) is 17.2 Å². The van der Waals surface area contributed by atoms with Crippen molar-refractivity contribution in [1.29, 1.82) is 0 Å². The maximum atomic E-state index is 15.9. The van der Waals surface area contributed by atoms with Gasteiger partial charge in [0.15, 0.2) is 46.5 Å². The predicted molar refractivity (Wildman–Crippen MR) is 120 cm³/mol. The molecule has 0 amide bonds. The lowest BCUT2D eigenvalue weighted by atomic mass is 9.83. The van der Waals surface area contributed by atoms with Crippen LogP contribution in [0.4, 0.5) is 37.7 Å². The van der Waals surface area contributed by atoms with Gasteiger partial charge in [0.1, 0.15) is 5.69 Å². The fourth-order valence-electron chi connectivity index (χ4n) is 3.86. The molecular formula is C26H11F6NO2S. The molecule has 0 aliphatic heterocycles. The molecule has 4 aromatic carbocycles. The summed E-state index contributed by atoms with van der Waals surface area (Å²) in [6.07, 6.45) is 0. The van der Waals surface area contributed by atoms with Crippen LogP contribution in [0.3, 0.4) is 0 Å². The van der Waals surface area contributed by atoms with E-state index in [0.29, 0.717) is 16.7 Å². The molecule has 0 spiro atoms. The molecule has 0 aromatic heterocycles. The lowest BCUT2D eigenvalue weighted by molar-refractivity contribution is 0.0971. The lowest BCUT2D eigenvalue weighted by Gasteiger charge is -2.23. The highest BCUT2D eigenvalue weighted by Gasteiger charge is 2.39. The molecule has 36 heavy (non-hydrogen) atoms. The van der Waals surface area contributed by atoms with Gasteiger partial charge >= 0.3 is 0 Å². The fourth-order valence-corrected chi connectivity index (χ4v) is 4.83. The Labute approximate surface area is 203 Å². The average molecular weight is 515 g/mol. The standard InChI is InChI=1S/C26H11F6NO2S/c27-14-10-15(28)19(30)22(18(14)29)33-23-20(31)16-17(21(32)26(23)36-11-6-2-1-3-7-11)25(35)13-9-5-4-8-12(13)24(16)34/h1-10,33H. The Bertz CT molecular complexity index is 1560. The summed E-state index contributed by atoms with van der Waals surface area (Å²) in [4.78, 5) is 25.9. The largest absolute Gasteiger partial charge is 0.347 e. The van der Waals surface area contributed by atoms with Crippen molar-refractivity contribution in [2.75, 3.05) is 5.32 Å². The van der Waals surface area contributed by atoms with Crippen LogP contribution in [0.1, 0.15) is 31.8 Å². The minimum absolute atomic E-state index is 0.0433. The maximum absolute atomic E-state index is 15.9. The third-order valence-electron chi connectivity index (χ3n) is 5.53. The second-order valence-electron chi connectivity index (χ2n) is 7.67. The second kappa shape index (κ2) is 8.87. The number of nitrogens with one attached hydrogen (secondary N) is 1. The van der Waals surface area contributed by atoms with Crippen LogP contribution in [0.2, 0.25) is 0 Å². The molecule has 0 saturated carbocycles. The van der Waals surface area contributed by atoms with Crippen LogP contribution in [0.25, 0.3) is 0 Å². The molecule has 0 heterocycles. The highest BCUT2D eigenvalue weighted by atomic mass is 32.2. The predicted octanol–water partition coefficient (Wildman–Crippen LogP) is 7.19. The topological polar surface area (TPSA) is 46.2 Å². The Hall–Kier alpha value is -4.05. The molecule has 4 aromatic rings. The van der Waals surface area contributed by atoms with Crippen molar-refractivity contribution < 1.29 is 35.9 Å². The van der Waals surface area contributed by atoms with Crippen LogP contribution >= 0.6 is 11.8 Å². The second-order valence-corrected chi connectivity index (χ2v) is 8.75. The van der Waals surface area contributed by atoms with Gasteiger partial charge in [-0.15, -0.1) is 0 Å². The van der Waals surface area contributed by atoms with Gasteiger partial charge in [0, 0.05) is 22.1 Å². The van der Waals surface area contributed by atoms with Gasteiger partial charge in [0.05, 0.1) is 21.7 Å². The van der Waals surface area contributed by atoms with E-state index in [9.17, 15) is 27.2 Å². The van der Waals surface area contributed by atoms with E-state index in [1.54, 1.807) is 18.2 Å². The van der Waals surface area contributed by atoms with Crippen molar-refractivity contribution >= 4 is 34.7 Å². The Kier molecular flexibility index (Phi) is 5.83. The van der Waals surface area contributed by atoms with Crippen molar-refractivity contribution in [3.8, 4) is 0 Å². The van der Waals surface area contributed by atoms with E-state index in [2.05, 4.69) is 0 Å². The molecule has 0 radical (unpaired) electrons. The zero-order valence-corrected chi connectivity index (χ0v) is 18.6. The number of anilines is 2. The molecule has 0 unspecified atom stereocenters. The summed E-state index contributed by atoms with van der Waals surface area (Å²) in [6, 6.07) is 13.2. The van der Waals surface area contributed by atoms with Crippen LogP contribution < -0.4 is 5.32 Å². The summed E-state index contributed by atoms with van der Waals surface area (Å²) in [5.74, 6) is -12.2. The van der Waals surface area contributed by atoms with Crippen molar-refractivity contribution in [2.24, 2.45) is 0 Å². The Morgan fingerprint density at radius 2 is 1.08 bits per heavy atom. The summed E-state index contributed by atoms with van der Waals surface area (Å²) >= 11 is 0.578. The zero-order chi connectivity index (χ0) is 25.7. The van der Waals surface area contributed by atoms with Crippen LogP contribution in [-0.4, -0.2) is 11.6 Å². The van der Waals surface area contributed by atoms with Gasteiger partial charge in [0.2, 0.25) is 0 Å². The van der Waals surface area contributed by atoms with E-state index in [1.807, 2.05) is 5.32 Å². The third-order valence-corrected chi connectivity index (χ3v) is 6.63. The van der Waals surface area contributed by atoms with Gasteiger partial charge in [-0.1, -0.05) is 54.2 Å². The normalized spacial score (nSPS) is 12.4. The van der Waals surface area contributed by atoms with Crippen molar-refractivity contribution in [3.63, 3.8) is 0 Å². The number of rotatable bonds is 4. The molecule has 180 valence electrons. The molecule has 0 bridgehead atoms. The Morgan fingerprint density at radius 3 is 1.64 bits per heavy atom. The molecule has 0 saturated heterocycles. The first-order chi connectivity index (χ1) is 17.2. The number of halogens is 6. The first kappa shape index (κ1) is 23.7. The Morgan fingerprint density at radius 1 is 0.583 bits per heavy atom. The van der Waals surface area contributed by atoms with Gasteiger partial charge in [-0.3, -0.25) is 9.59 Å². The highest BCUT2D eigenvalue weighted by Crippen LogP contribution is 2.45. The molecule has 3 nitrogen and oxygen atoms in total. The number of carbonyl (C=O) groups excluding carboxylic acids is 2. The first-order valence-electron chi connectivity index (χ1n) is 10.3. The first-order valence-corrected chi connectivity index (χ1v) is 11.1.